The molecule has 442 valence electrons. The average Bonchev–Trinajstić information content (AvgIpc) is 0.729. The molecule has 0 saturated heterocycles. The zero-order chi connectivity index (χ0) is 62.3. The fourth-order valence-electron chi connectivity index (χ4n) is 14.3. The zero-order valence-electron chi connectivity index (χ0n) is 51.6. The summed E-state index contributed by atoms with van der Waals surface area (Å²) in [5.74, 6) is 0. The Bertz CT molecular complexity index is 5010. The molecule has 0 aliphatic rings. The zero-order valence-corrected chi connectivity index (χ0v) is 51.6. The third kappa shape index (κ3) is 9.99. The number of para-hydroxylation sites is 4. The second-order valence-corrected chi connectivity index (χ2v) is 24.0. The van der Waals surface area contributed by atoms with Crippen LogP contribution in [0.25, 0.3) is 86.9 Å². The Morgan fingerprint density at radius 3 is 0.660 bits per heavy atom. The molecule has 0 spiro atoms. The van der Waals surface area contributed by atoms with Crippen molar-refractivity contribution in [1.82, 2.24) is 0 Å². The fourth-order valence-corrected chi connectivity index (χ4v) is 14.3. The molecule has 17 aromatic carbocycles. The maximum Gasteiger partial charge on any atom is 0.0540 e. The van der Waals surface area contributed by atoms with Crippen LogP contribution in [-0.2, 0) is 0 Å². The standard InChI is InChI=1S/C90H62N4/c1-5-33-69(34-6-1)91(70-35-7-2-8-36-70)75-57-59-81-83(61-75)89(67-49-53-73(54-50-67)93(85-45-21-29-63-25-13-17-41-77(63)85)86-46-22-30-64-26-14-18-42-78(64)86)82-60-58-76(92(71-37-9-3-10-38-71)72-39-11-4-12-40-72)62-84(82)90(81)68-51-55-74(56-52-68)94(87-47-23-31-65-27-15-19-43-79(65)87)88-48-24-32-66-28-16-20-44-80(66)88/h1-62H. The maximum absolute atomic E-state index is 2.45. The van der Waals surface area contributed by atoms with Crippen molar-refractivity contribution in [3.63, 3.8) is 0 Å². The van der Waals surface area contributed by atoms with Crippen LogP contribution >= 0.6 is 0 Å². The number of hydrogen-bond donors (Lipinski definition) is 0. The van der Waals surface area contributed by atoms with Gasteiger partial charge in [0.1, 0.15) is 0 Å². The Morgan fingerprint density at radius 2 is 0.372 bits per heavy atom. The maximum atomic E-state index is 2.45. The summed E-state index contributed by atoms with van der Waals surface area (Å²) < 4.78 is 0. The summed E-state index contributed by atoms with van der Waals surface area (Å²) in [5.41, 5.74) is 17.5. The quantitative estimate of drug-likeness (QED) is 0.101. The minimum Gasteiger partial charge on any atom is -0.310 e. The molecule has 0 aliphatic carbocycles. The van der Waals surface area contributed by atoms with E-state index in [0.717, 1.165) is 112 Å². The van der Waals surface area contributed by atoms with Crippen LogP contribution in [0.3, 0.4) is 0 Å². The van der Waals surface area contributed by atoms with Gasteiger partial charge >= 0.3 is 0 Å². The number of anilines is 12. The van der Waals surface area contributed by atoms with E-state index in [2.05, 4.69) is 396 Å². The molecule has 0 heterocycles. The molecule has 17 rings (SSSR count). The van der Waals surface area contributed by atoms with Gasteiger partial charge in [0, 0.05) is 67.0 Å². The highest BCUT2D eigenvalue weighted by atomic mass is 15.2. The number of hydrogen-bond acceptors (Lipinski definition) is 4. The summed E-state index contributed by atoms with van der Waals surface area (Å²) in [4.78, 5) is 9.66. The number of rotatable bonds is 14. The normalized spacial score (nSPS) is 11.4. The molecule has 4 nitrogen and oxygen atoms in total. The van der Waals surface area contributed by atoms with Crippen molar-refractivity contribution in [2.45, 2.75) is 0 Å². The molecule has 0 saturated carbocycles. The summed E-state index contributed by atoms with van der Waals surface area (Å²) in [6.45, 7) is 0. The largest absolute Gasteiger partial charge is 0.310 e. The summed E-state index contributed by atoms with van der Waals surface area (Å²) in [5, 5.41) is 14.0. The van der Waals surface area contributed by atoms with E-state index < -0.39 is 0 Å². The van der Waals surface area contributed by atoms with Crippen molar-refractivity contribution in [3.05, 3.63) is 376 Å². The van der Waals surface area contributed by atoms with Crippen molar-refractivity contribution in [3.8, 4) is 22.3 Å². The van der Waals surface area contributed by atoms with Crippen molar-refractivity contribution < 1.29 is 0 Å². The lowest BCUT2D eigenvalue weighted by Gasteiger charge is -2.29. The molecule has 0 N–H and O–H groups in total. The van der Waals surface area contributed by atoms with Gasteiger partial charge < -0.3 is 19.6 Å². The Balaban J connectivity index is 0.932. The highest BCUT2D eigenvalue weighted by Gasteiger charge is 2.25. The predicted molar refractivity (Wildman–Crippen MR) is 401 cm³/mol. The van der Waals surface area contributed by atoms with E-state index >= 15 is 0 Å². The van der Waals surface area contributed by atoms with Crippen LogP contribution in [0.2, 0.25) is 0 Å². The second kappa shape index (κ2) is 24.0. The molecule has 0 bridgehead atoms. The summed E-state index contributed by atoms with van der Waals surface area (Å²) in [6.07, 6.45) is 0. The van der Waals surface area contributed by atoms with Crippen LogP contribution in [0, 0.1) is 0 Å². The Labute approximate surface area is 547 Å². The molecule has 0 aromatic heterocycles. The summed E-state index contributed by atoms with van der Waals surface area (Å²) in [6, 6.07) is 137. The molecule has 17 aromatic rings. The van der Waals surface area contributed by atoms with Gasteiger partial charge in [-0.2, -0.15) is 0 Å². The van der Waals surface area contributed by atoms with E-state index in [0.29, 0.717) is 0 Å². The monoisotopic (exact) mass is 1200 g/mol. The third-order valence-electron chi connectivity index (χ3n) is 18.5. The molecular formula is C90H62N4. The van der Waals surface area contributed by atoms with Crippen LogP contribution in [-0.4, -0.2) is 0 Å². The number of nitrogens with zero attached hydrogens (tertiary/aromatic N) is 4. The lowest BCUT2D eigenvalue weighted by molar-refractivity contribution is 1.29. The summed E-state index contributed by atoms with van der Waals surface area (Å²) in [7, 11) is 0. The van der Waals surface area contributed by atoms with Crippen LogP contribution < -0.4 is 19.6 Å². The van der Waals surface area contributed by atoms with Gasteiger partial charge in [0.25, 0.3) is 0 Å². The molecule has 0 amide bonds. The minimum atomic E-state index is 1.05. The van der Waals surface area contributed by atoms with E-state index in [1.165, 1.54) is 43.1 Å². The highest BCUT2D eigenvalue weighted by Crippen LogP contribution is 2.51. The first-order valence-corrected chi connectivity index (χ1v) is 32.2. The lowest BCUT2D eigenvalue weighted by atomic mass is 9.85. The Kier molecular flexibility index (Phi) is 14.2. The van der Waals surface area contributed by atoms with Crippen molar-refractivity contribution in [2.75, 3.05) is 19.6 Å². The molecular weight excluding hydrogens is 1140 g/mol. The first-order valence-electron chi connectivity index (χ1n) is 32.2. The van der Waals surface area contributed by atoms with Gasteiger partial charge in [0.15, 0.2) is 0 Å². The van der Waals surface area contributed by atoms with Crippen LogP contribution in [0.1, 0.15) is 0 Å². The van der Waals surface area contributed by atoms with Crippen molar-refractivity contribution in [1.29, 1.82) is 0 Å². The van der Waals surface area contributed by atoms with E-state index in [9.17, 15) is 0 Å². The molecule has 0 radical (unpaired) electrons. The molecule has 0 atom stereocenters. The molecule has 0 fully saturated rings. The van der Waals surface area contributed by atoms with E-state index in [4.69, 9.17) is 0 Å². The van der Waals surface area contributed by atoms with Gasteiger partial charge in [-0.3, -0.25) is 0 Å². The highest BCUT2D eigenvalue weighted by molar-refractivity contribution is 6.23. The average molecular weight is 1200 g/mol. The molecule has 0 aliphatic heterocycles. The van der Waals surface area contributed by atoms with Crippen LogP contribution in [0.15, 0.2) is 376 Å². The van der Waals surface area contributed by atoms with Gasteiger partial charge in [-0.05, 0) is 187 Å². The van der Waals surface area contributed by atoms with Gasteiger partial charge in [-0.1, -0.05) is 255 Å². The van der Waals surface area contributed by atoms with Crippen LogP contribution in [0.5, 0.6) is 0 Å². The first-order chi connectivity index (χ1) is 46.7. The number of fused-ring (bicyclic) bond motifs is 6. The van der Waals surface area contributed by atoms with E-state index in [1.807, 2.05) is 0 Å². The molecule has 94 heavy (non-hydrogen) atoms. The summed E-state index contributed by atoms with van der Waals surface area (Å²) >= 11 is 0. The fraction of sp³-hybridized carbons (Fsp3) is 0. The van der Waals surface area contributed by atoms with Gasteiger partial charge in [-0.15, -0.1) is 0 Å². The smallest absolute Gasteiger partial charge is 0.0540 e. The molecule has 4 heteroatoms. The topological polar surface area (TPSA) is 13.0 Å². The van der Waals surface area contributed by atoms with Crippen molar-refractivity contribution >= 4 is 133 Å². The van der Waals surface area contributed by atoms with Gasteiger partial charge in [-0.25, -0.2) is 0 Å². The van der Waals surface area contributed by atoms with Gasteiger partial charge in [0.2, 0.25) is 0 Å². The number of benzene rings is 17. The Hall–Kier alpha value is -12.5. The van der Waals surface area contributed by atoms with Crippen LogP contribution in [0.4, 0.5) is 68.2 Å². The third-order valence-corrected chi connectivity index (χ3v) is 18.5. The Morgan fingerprint density at radius 1 is 0.138 bits per heavy atom. The predicted octanol–water partition coefficient (Wildman–Crippen LogP) is 25.8. The van der Waals surface area contributed by atoms with Crippen molar-refractivity contribution in [2.24, 2.45) is 0 Å². The first kappa shape index (κ1) is 55.6. The second-order valence-electron chi connectivity index (χ2n) is 24.0. The minimum absolute atomic E-state index is 1.05. The van der Waals surface area contributed by atoms with E-state index in [-0.39, 0.29) is 0 Å². The van der Waals surface area contributed by atoms with E-state index in [1.54, 1.807) is 0 Å². The SMILES string of the molecule is c1ccc(N(c2ccccc2)c2ccc3c(-c4ccc(N(c5cccc6ccccc56)c5cccc6ccccc56)cc4)c4cc(N(c5ccccc5)c5ccccc5)ccc4c(-c4ccc(N(c5cccc6ccccc56)c5cccc6ccccc56)cc4)c3c2)cc1. The lowest BCUT2D eigenvalue weighted by Crippen LogP contribution is -2.11. The van der Waals surface area contributed by atoms with Gasteiger partial charge in [0.05, 0.1) is 22.7 Å². The molecule has 0 unspecified atom stereocenters.